The summed E-state index contributed by atoms with van der Waals surface area (Å²) in [4.78, 5) is 11.7. The Hall–Kier alpha value is -1.82. The van der Waals surface area contributed by atoms with Crippen LogP contribution in [-0.2, 0) is 11.3 Å². The molecule has 0 fully saturated rings. The number of esters is 1. The quantitative estimate of drug-likeness (QED) is 0.581. The molecule has 2 aromatic carbocycles. The molecule has 2 rings (SSSR count). The van der Waals surface area contributed by atoms with Gasteiger partial charge in [-0.3, -0.25) is 0 Å². The van der Waals surface area contributed by atoms with Crippen molar-refractivity contribution in [2.24, 2.45) is 0 Å². The van der Waals surface area contributed by atoms with Crippen molar-refractivity contribution >= 4 is 52.2 Å². The summed E-state index contributed by atoms with van der Waals surface area (Å²) in [5, 5.41) is 7.66. The maximum absolute atomic E-state index is 11.7. The second-order valence-corrected chi connectivity index (χ2v) is 6.10. The molecule has 0 aromatic heterocycles. The van der Waals surface area contributed by atoms with Crippen molar-refractivity contribution in [1.82, 2.24) is 5.32 Å². The maximum atomic E-state index is 11.7. The lowest BCUT2D eigenvalue weighted by Gasteiger charge is -2.12. The number of hydrogen-bond donors (Lipinski definition) is 2. The largest absolute Gasteiger partial charge is 0.462 e. The summed E-state index contributed by atoms with van der Waals surface area (Å²) in [6.07, 6.45) is 0. The minimum absolute atomic E-state index is 0.332. The molecule has 4 nitrogen and oxygen atoms in total. The fourth-order valence-electron chi connectivity index (χ4n) is 1.95. The fourth-order valence-corrected chi connectivity index (χ4v) is 2.62. The predicted octanol–water partition coefficient (Wildman–Crippen LogP) is 4.66. The van der Waals surface area contributed by atoms with Crippen molar-refractivity contribution < 1.29 is 9.53 Å². The Kier molecular flexibility index (Phi) is 6.85. The van der Waals surface area contributed by atoms with Gasteiger partial charge in [-0.1, -0.05) is 35.3 Å². The van der Waals surface area contributed by atoms with Gasteiger partial charge in [0.25, 0.3) is 0 Å². The van der Waals surface area contributed by atoms with Gasteiger partial charge in [0.15, 0.2) is 5.11 Å². The second-order valence-electron chi connectivity index (χ2n) is 4.84. The number of carbonyl (C=O) groups is 1. The van der Waals surface area contributed by atoms with E-state index in [1.807, 2.05) is 12.1 Å². The van der Waals surface area contributed by atoms with E-state index in [9.17, 15) is 4.79 Å². The molecule has 24 heavy (non-hydrogen) atoms. The third-order valence-corrected chi connectivity index (χ3v) is 3.92. The molecule has 2 aromatic rings. The van der Waals surface area contributed by atoms with Crippen LogP contribution in [0.3, 0.4) is 0 Å². The first kappa shape index (κ1) is 18.5. The molecule has 0 aliphatic carbocycles. The summed E-state index contributed by atoms with van der Waals surface area (Å²) < 4.78 is 4.98. The van der Waals surface area contributed by atoms with E-state index in [0.717, 1.165) is 5.56 Å². The molecule has 126 valence electrons. The van der Waals surface area contributed by atoms with Crippen molar-refractivity contribution in [3.05, 3.63) is 63.6 Å². The van der Waals surface area contributed by atoms with Gasteiger partial charge in [-0.05, 0) is 55.0 Å². The Morgan fingerprint density at radius 3 is 2.71 bits per heavy atom. The summed E-state index contributed by atoms with van der Waals surface area (Å²) in [6, 6.07) is 12.2. The molecule has 7 heteroatoms. The zero-order chi connectivity index (χ0) is 17.5. The van der Waals surface area contributed by atoms with Crippen LogP contribution in [-0.4, -0.2) is 17.7 Å². The Bertz CT molecular complexity index is 753. The Labute approximate surface area is 156 Å². The van der Waals surface area contributed by atoms with Crippen LogP contribution < -0.4 is 10.6 Å². The molecule has 0 aliphatic heterocycles. The van der Waals surface area contributed by atoms with Crippen molar-refractivity contribution in [1.29, 1.82) is 0 Å². The Balaban J connectivity index is 1.95. The summed E-state index contributed by atoms with van der Waals surface area (Å²) in [6.45, 7) is 2.55. The number of carbonyl (C=O) groups excluding carboxylic acids is 1. The molecule has 2 N–H and O–H groups in total. The topological polar surface area (TPSA) is 50.4 Å². The van der Waals surface area contributed by atoms with E-state index in [4.69, 9.17) is 40.2 Å². The lowest BCUT2D eigenvalue weighted by atomic mass is 10.2. The van der Waals surface area contributed by atoms with Gasteiger partial charge in [-0.2, -0.15) is 0 Å². The number of rotatable bonds is 5. The number of benzene rings is 2. The molecule has 0 saturated carbocycles. The number of ether oxygens (including phenoxy) is 1. The van der Waals surface area contributed by atoms with Gasteiger partial charge in [-0.15, -0.1) is 0 Å². The molecule has 0 amide bonds. The highest BCUT2D eigenvalue weighted by atomic mass is 35.5. The van der Waals surface area contributed by atoms with E-state index in [1.165, 1.54) is 0 Å². The molecule has 0 bridgehead atoms. The van der Waals surface area contributed by atoms with Crippen LogP contribution >= 0.6 is 35.4 Å². The maximum Gasteiger partial charge on any atom is 0.338 e. The normalized spacial score (nSPS) is 10.1. The number of nitrogens with one attached hydrogen (secondary N) is 2. The van der Waals surface area contributed by atoms with Gasteiger partial charge < -0.3 is 15.4 Å². The molecule has 0 unspecified atom stereocenters. The summed E-state index contributed by atoms with van der Waals surface area (Å²) in [7, 11) is 0. The van der Waals surface area contributed by atoms with Crippen LogP contribution in [0.4, 0.5) is 5.69 Å². The van der Waals surface area contributed by atoms with Gasteiger partial charge in [0.05, 0.1) is 12.2 Å². The Morgan fingerprint density at radius 1 is 1.21 bits per heavy atom. The van der Waals surface area contributed by atoms with Crippen LogP contribution in [0.5, 0.6) is 0 Å². The number of thiocarbonyl (C=S) groups is 1. The van der Waals surface area contributed by atoms with E-state index >= 15 is 0 Å². The first-order valence-electron chi connectivity index (χ1n) is 7.25. The van der Waals surface area contributed by atoms with E-state index in [-0.39, 0.29) is 5.97 Å². The van der Waals surface area contributed by atoms with Crippen LogP contribution in [0.1, 0.15) is 22.8 Å². The molecule has 0 heterocycles. The van der Waals surface area contributed by atoms with E-state index < -0.39 is 0 Å². The van der Waals surface area contributed by atoms with Gasteiger partial charge in [0, 0.05) is 22.3 Å². The highest BCUT2D eigenvalue weighted by Gasteiger charge is 2.08. The van der Waals surface area contributed by atoms with Crippen LogP contribution in [0.25, 0.3) is 0 Å². The minimum atomic E-state index is -0.368. The average Bonchev–Trinajstić information content (AvgIpc) is 2.54. The molecular formula is C17H16Cl2N2O2S. The molecule has 0 saturated heterocycles. The van der Waals surface area contributed by atoms with Crippen molar-refractivity contribution in [3.8, 4) is 0 Å². The number of anilines is 1. The van der Waals surface area contributed by atoms with Gasteiger partial charge in [0.2, 0.25) is 0 Å². The monoisotopic (exact) mass is 382 g/mol. The van der Waals surface area contributed by atoms with Crippen LogP contribution in [0.15, 0.2) is 42.5 Å². The van der Waals surface area contributed by atoms with E-state index in [1.54, 1.807) is 37.3 Å². The van der Waals surface area contributed by atoms with E-state index in [0.29, 0.717) is 39.6 Å². The fraction of sp³-hybridized carbons (Fsp3) is 0.176. The highest BCUT2D eigenvalue weighted by molar-refractivity contribution is 7.80. The van der Waals surface area contributed by atoms with E-state index in [2.05, 4.69) is 10.6 Å². The average molecular weight is 383 g/mol. The van der Waals surface area contributed by atoms with Crippen molar-refractivity contribution in [2.45, 2.75) is 13.5 Å². The molecular weight excluding hydrogens is 367 g/mol. The van der Waals surface area contributed by atoms with Crippen LogP contribution in [0, 0.1) is 0 Å². The third-order valence-electron chi connectivity index (χ3n) is 3.09. The minimum Gasteiger partial charge on any atom is -0.462 e. The molecule has 0 radical (unpaired) electrons. The van der Waals surface area contributed by atoms with Crippen molar-refractivity contribution in [3.63, 3.8) is 0 Å². The highest BCUT2D eigenvalue weighted by Crippen LogP contribution is 2.20. The standard InChI is InChI=1S/C17H16Cl2N2O2S/c1-2-23-16(22)11-4-3-5-14(8-11)21-17(24)20-10-12-6-7-13(18)9-15(12)19/h3-9H,2,10H2,1H3,(H2,20,21,24). The number of hydrogen-bond acceptors (Lipinski definition) is 3. The smallest absolute Gasteiger partial charge is 0.338 e. The zero-order valence-electron chi connectivity index (χ0n) is 12.9. The molecule has 0 spiro atoms. The zero-order valence-corrected chi connectivity index (χ0v) is 15.3. The summed E-state index contributed by atoms with van der Waals surface area (Å²) in [5.41, 5.74) is 2.04. The predicted molar refractivity (Wildman–Crippen MR) is 102 cm³/mol. The first-order chi connectivity index (χ1) is 11.5. The van der Waals surface area contributed by atoms with Crippen LogP contribution in [0.2, 0.25) is 10.0 Å². The van der Waals surface area contributed by atoms with Crippen molar-refractivity contribution in [2.75, 3.05) is 11.9 Å². The number of halogens is 2. The summed E-state index contributed by atoms with van der Waals surface area (Å²) >= 11 is 17.2. The third kappa shape index (κ3) is 5.37. The first-order valence-corrected chi connectivity index (χ1v) is 8.42. The van der Waals surface area contributed by atoms with Gasteiger partial charge in [0.1, 0.15) is 0 Å². The van der Waals surface area contributed by atoms with Gasteiger partial charge in [-0.25, -0.2) is 4.79 Å². The second kappa shape index (κ2) is 8.87. The van der Waals surface area contributed by atoms with Gasteiger partial charge >= 0.3 is 5.97 Å². The Morgan fingerprint density at radius 2 is 2.00 bits per heavy atom. The lowest BCUT2D eigenvalue weighted by molar-refractivity contribution is 0.0526. The summed E-state index contributed by atoms with van der Waals surface area (Å²) in [5.74, 6) is -0.368. The molecule has 0 atom stereocenters. The molecule has 0 aliphatic rings. The SMILES string of the molecule is CCOC(=O)c1cccc(NC(=S)NCc2ccc(Cl)cc2Cl)c1. The lowest BCUT2D eigenvalue weighted by Crippen LogP contribution is -2.28.